The van der Waals surface area contributed by atoms with Crippen molar-refractivity contribution < 1.29 is 9.47 Å². The second kappa shape index (κ2) is 9.91. The van der Waals surface area contributed by atoms with E-state index in [1.165, 1.54) is 5.56 Å². The van der Waals surface area contributed by atoms with Crippen LogP contribution in [0, 0.1) is 0 Å². The number of nitrogens with zero attached hydrogens (tertiary/aromatic N) is 4. The molecule has 0 bridgehead atoms. The fraction of sp³-hybridized carbons (Fsp3) is 0.154. The molecular weight excluding hydrogens is 414 g/mol. The first kappa shape index (κ1) is 20.6. The van der Waals surface area contributed by atoms with Crippen LogP contribution >= 0.6 is 0 Å². The number of aromatic nitrogens is 5. The van der Waals surface area contributed by atoms with Crippen LogP contribution in [0.3, 0.4) is 0 Å². The van der Waals surface area contributed by atoms with Crippen molar-refractivity contribution in [2.75, 3.05) is 0 Å². The number of fused-ring (bicyclic) bond motifs is 1. The fourth-order valence-corrected chi connectivity index (χ4v) is 3.58. The molecule has 0 saturated heterocycles. The molecule has 0 unspecified atom stereocenters. The molecule has 164 valence electrons. The van der Waals surface area contributed by atoms with Crippen LogP contribution < -0.4 is 9.47 Å². The van der Waals surface area contributed by atoms with Crippen LogP contribution in [0.1, 0.15) is 22.6 Å². The van der Waals surface area contributed by atoms with Gasteiger partial charge in [-0.1, -0.05) is 48.5 Å². The molecule has 0 spiro atoms. The van der Waals surface area contributed by atoms with Crippen molar-refractivity contribution >= 4 is 10.9 Å². The highest BCUT2D eigenvalue weighted by molar-refractivity contribution is 5.78. The molecule has 0 radical (unpaired) electrons. The molecule has 0 aliphatic heterocycles. The minimum atomic E-state index is 0.415. The molecule has 5 rings (SSSR count). The molecule has 7 heteroatoms. The Hall–Kier alpha value is -4.26. The molecule has 0 atom stereocenters. The van der Waals surface area contributed by atoms with E-state index < -0.39 is 0 Å². The number of tetrazole rings is 1. The van der Waals surface area contributed by atoms with Gasteiger partial charge in [-0.25, -0.2) is 10.1 Å². The molecule has 2 heterocycles. The fourth-order valence-electron chi connectivity index (χ4n) is 3.58. The van der Waals surface area contributed by atoms with Gasteiger partial charge in [0.05, 0.1) is 11.2 Å². The van der Waals surface area contributed by atoms with E-state index in [0.29, 0.717) is 13.2 Å². The van der Waals surface area contributed by atoms with Crippen molar-refractivity contribution in [3.63, 3.8) is 0 Å². The number of H-pyrrole nitrogens is 1. The maximum absolute atomic E-state index is 6.02. The van der Waals surface area contributed by atoms with Crippen LogP contribution in [-0.4, -0.2) is 25.6 Å². The predicted octanol–water partition coefficient (Wildman–Crippen LogP) is 4.69. The molecule has 3 aromatic carbocycles. The topological polar surface area (TPSA) is 85.8 Å². The molecule has 7 nitrogen and oxygen atoms in total. The number of hydrogen-bond donors (Lipinski definition) is 1. The van der Waals surface area contributed by atoms with Gasteiger partial charge in [0.1, 0.15) is 30.5 Å². The lowest BCUT2D eigenvalue weighted by Gasteiger charge is -2.10. The summed E-state index contributed by atoms with van der Waals surface area (Å²) in [6.45, 7) is 0.874. The van der Waals surface area contributed by atoms with Crippen LogP contribution in [0.4, 0.5) is 0 Å². The Kier molecular flexibility index (Phi) is 6.20. The van der Waals surface area contributed by atoms with E-state index >= 15 is 0 Å². The number of ether oxygens (including phenoxy) is 2. The minimum Gasteiger partial charge on any atom is -0.489 e. The van der Waals surface area contributed by atoms with E-state index in [1.807, 2.05) is 60.7 Å². The van der Waals surface area contributed by atoms with Crippen molar-refractivity contribution in [2.24, 2.45) is 0 Å². The summed E-state index contributed by atoms with van der Waals surface area (Å²) in [4.78, 5) is 4.67. The van der Waals surface area contributed by atoms with Gasteiger partial charge in [-0.15, -0.1) is 5.10 Å². The van der Waals surface area contributed by atoms with Crippen molar-refractivity contribution in [3.8, 4) is 11.5 Å². The van der Waals surface area contributed by atoms with Crippen molar-refractivity contribution in [1.29, 1.82) is 0 Å². The monoisotopic (exact) mass is 437 g/mol. The van der Waals surface area contributed by atoms with Gasteiger partial charge >= 0.3 is 0 Å². The van der Waals surface area contributed by atoms with E-state index in [2.05, 4.69) is 49.9 Å². The molecular formula is C26H23N5O2. The number of pyridine rings is 1. The number of aryl methyl sites for hydroxylation is 2. The van der Waals surface area contributed by atoms with Gasteiger partial charge in [-0.3, -0.25) is 0 Å². The van der Waals surface area contributed by atoms with E-state index in [0.717, 1.165) is 52.3 Å². The van der Waals surface area contributed by atoms with Crippen LogP contribution in [0.5, 0.6) is 11.5 Å². The number of rotatable bonds is 9. The normalized spacial score (nSPS) is 10.9. The maximum Gasteiger partial charge on any atom is 0.148 e. The quantitative estimate of drug-likeness (QED) is 0.360. The molecule has 2 aromatic heterocycles. The highest BCUT2D eigenvalue weighted by Gasteiger charge is 2.04. The summed E-state index contributed by atoms with van der Waals surface area (Å²) >= 11 is 0. The summed E-state index contributed by atoms with van der Waals surface area (Å²) in [7, 11) is 0. The third-order valence-electron chi connectivity index (χ3n) is 5.28. The van der Waals surface area contributed by atoms with Gasteiger partial charge in [-0.05, 0) is 64.4 Å². The van der Waals surface area contributed by atoms with Crippen LogP contribution in [-0.2, 0) is 26.1 Å². The average Bonchev–Trinajstić information content (AvgIpc) is 3.39. The van der Waals surface area contributed by atoms with Crippen LogP contribution in [0.25, 0.3) is 10.9 Å². The zero-order valence-corrected chi connectivity index (χ0v) is 18.0. The molecule has 0 aliphatic carbocycles. The third-order valence-corrected chi connectivity index (χ3v) is 5.28. The van der Waals surface area contributed by atoms with E-state index in [9.17, 15) is 0 Å². The van der Waals surface area contributed by atoms with Gasteiger partial charge in [-0.2, -0.15) is 0 Å². The highest BCUT2D eigenvalue weighted by Crippen LogP contribution is 2.20. The molecule has 1 N–H and O–H groups in total. The summed E-state index contributed by atoms with van der Waals surface area (Å²) < 4.78 is 12.0. The number of nitrogens with one attached hydrogen (secondary N) is 1. The highest BCUT2D eigenvalue weighted by atomic mass is 16.5. The third kappa shape index (κ3) is 5.51. The minimum absolute atomic E-state index is 0.415. The first-order chi connectivity index (χ1) is 16.3. The van der Waals surface area contributed by atoms with Crippen LogP contribution in [0.15, 0.2) is 84.9 Å². The Morgan fingerprint density at radius 3 is 2.33 bits per heavy atom. The number of hydrogen-bond acceptors (Lipinski definition) is 6. The lowest BCUT2D eigenvalue weighted by Crippen LogP contribution is -2.00. The first-order valence-electron chi connectivity index (χ1n) is 10.8. The standard InChI is InChI=1S/C26H23N5O2/c1-2-10-25-21(7-1)12-13-22(27-25)18-33-24-9-4-6-20(16-24)17-32-23-8-3-5-19(15-23)11-14-26-28-30-31-29-26/h1-10,12-13,15-16H,11,14,17-18H2,(H,28,29,30,31). The SMILES string of the molecule is c1cc(CCc2nnn[nH]2)cc(OCc2cccc(OCc3ccc4ccccc4n3)c2)c1. The number of para-hydroxylation sites is 1. The maximum atomic E-state index is 6.02. The number of aromatic amines is 1. The molecule has 0 amide bonds. The Balaban J connectivity index is 1.17. The van der Waals surface area contributed by atoms with Gasteiger partial charge in [0.25, 0.3) is 0 Å². The first-order valence-corrected chi connectivity index (χ1v) is 10.8. The van der Waals surface area contributed by atoms with Crippen molar-refractivity contribution in [1.82, 2.24) is 25.6 Å². The largest absolute Gasteiger partial charge is 0.489 e. The van der Waals surface area contributed by atoms with Gasteiger partial charge in [0, 0.05) is 11.8 Å². The average molecular weight is 438 g/mol. The second-order valence-electron chi connectivity index (χ2n) is 7.72. The van der Waals surface area contributed by atoms with Gasteiger partial charge in [0.2, 0.25) is 0 Å². The zero-order valence-electron chi connectivity index (χ0n) is 18.0. The molecule has 0 fully saturated rings. The molecule has 0 aliphatic rings. The molecule has 5 aromatic rings. The Morgan fingerprint density at radius 2 is 1.48 bits per heavy atom. The molecule has 33 heavy (non-hydrogen) atoms. The number of benzene rings is 3. The summed E-state index contributed by atoms with van der Waals surface area (Å²) in [5.74, 6) is 2.40. The lowest BCUT2D eigenvalue weighted by atomic mass is 10.1. The summed E-state index contributed by atoms with van der Waals surface area (Å²) in [5.41, 5.74) is 4.08. The summed E-state index contributed by atoms with van der Waals surface area (Å²) in [5, 5.41) is 15.0. The van der Waals surface area contributed by atoms with E-state index in [1.54, 1.807) is 0 Å². The lowest BCUT2D eigenvalue weighted by molar-refractivity contribution is 0.293. The van der Waals surface area contributed by atoms with Crippen molar-refractivity contribution in [2.45, 2.75) is 26.1 Å². The Labute approximate surface area is 191 Å². The summed E-state index contributed by atoms with van der Waals surface area (Å²) in [6, 6.07) is 28.2. The molecule has 0 saturated carbocycles. The van der Waals surface area contributed by atoms with Crippen LogP contribution in [0.2, 0.25) is 0 Å². The van der Waals surface area contributed by atoms with E-state index in [4.69, 9.17) is 9.47 Å². The van der Waals surface area contributed by atoms with Gasteiger partial charge in [0.15, 0.2) is 0 Å². The predicted molar refractivity (Wildman–Crippen MR) is 125 cm³/mol. The summed E-state index contributed by atoms with van der Waals surface area (Å²) in [6.07, 6.45) is 1.59. The smallest absolute Gasteiger partial charge is 0.148 e. The van der Waals surface area contributed by atoms with E-state index in [-0.39, 0.29) is 0 Å². The zero-order chi connectivity index (χ0) is 22.3. The second-order valence-corrected chi connectivity index (χ2v) is 7.72. The van der Waals surface area contributed by atoms with Crippen molar-refractivity contribution in [3.05, 3.63) is 108 Å². The Bertz CT molecular complexity index is 1340. The Morgan fingerprint density at radius 1 is 0.697 bits per heavy atom. The van der Waals surface area contributed by atoms with Gasteiger partial charge < -0.3 is 9.47 Å².